The summed E-state index contributed by atoms with van der Waals surface area (Å²) in [5, 5.41) is 8.58. The van der Waals surface area contributed by atoms with Crippen molar-refractivity contribution < 1.29 is 9.90 Å². The Morgan fingerprint density at radius 1 is 1.41 bits per heavy atom. The minimum absolute atomic E-state index is 0.530. The molecule has 4 nitrogen and oxygen atoms in total. The molecule has 2 aliphatic rings. The molecule has 0 amide bonds. The van der Waals surface area contributed by atoms with Crippen LogP contribution in [0.5, 0.6) is 0 Å². The van der Waals surface area contributed by atoms with Gasteiger partial charge in [0.15, 0.2) is 0 Å². The monoisotopic (exact) mass is 238 g/mol. The number of carboxylic acids is 1. The Morgan fingerprint density at radius 3 is 3.00 bits per heavy atom. The number of piperidine rings is 1. The third kappa shape index (κ3) is 3.30. The van der Waals surface area contributed by atoms with E-state index in [9.17, 15) is 4.79 Å². The molecule has 0 aromatic heterocycles. The summed E-state index contributed by atoms with van der Waals surface area (Å²) in [7, 11) is 0. The Labute approximate surface area is 103 Å². The normalized spacial score (nSPS) is 31.6. The average molecular weight is 238 g/mol. The molecule has 2 atom stereocenters. The molecule has 2 rings (SSSR count). The second-order valence-corrected chi connectivity index (χ2v) is 5.19. The van der Waals surface area contributed by atoms with E-state index in [1.54, 1.807) is 6.08 Å². The first kappa shape index (κ1) is 12.6. The van der Waals surface area contributed by atoms with Gasteiger partial charge in [-0.05, 0) is 26.3 Å². The predicted octanol–water partition coefficient (Wildman–Crippen LogP) is 1.19. The number of hydrogen-bond acceptors (Lipinski definition) is 3. The number of nitrogens with zero attached hydrogens (tertiary/aromatic N) is 2. The molecule has 0 radical (unpaired) electrons. The van der Waals surface area contributed by atoms with Gasteiger partial charge < -0.3 is 5.11 Å². The summed E-state index contributed by atoms with van der Waals surface area (Å²) in [6.45, 7) is 6.46. The maximum Gasteiger partial charge on any atom is 0.328 e. The van der Waals surface area contributed by atoms with Gasteiger partial charge in [-0.2, -0.15) is 0 Å². The largest absolute Gasteiger partial charge is 0.478 e. The Bertz CT molecular complexity index is 304. The Balaban J connectivity index is 1.88. The maximum atomic E-state index is 10.4. The Kier molecular flexibility index (Phi) is 4.18. The highest BCUT2D eigenvalue weighted by molar-refractivity contribution is 5.79. The van der Waals surface area contributed by atoms with Gasteiger partial charge in [-0.25, -0.2) is 4.79 Å². The Hall–Kier alpha value is -0.870. The van der Waals surface area contributed by atoms with Crippen molar-refractivity contribution in [3.05, 3.63) is 12.2 Å². The summed E-state index contributed by atoms with van der Waals surface area (Å²) in [6.07, 6.45) is 6.99. The van der Waals surface area contributed by atoms with Crippen LogP contribution in [0.2, 0.25) is 0 Å². The topological polar surface area (TPSA) is 43.8 Å². The molecule has 0 saturated carbocycles. The van der Waals surface area contributed by atoms with E-state index in [2.05, 4.69) is 16.7 Å². The van der Waals surface area contributed by atoms with Gasteiger partial charge in [-0.3, -0.25) is 9.80 Å². The molecule has 4 heteroatoms. The molecule has 96 valence electrons. The zero-order chi connectivity index (χ0) is 12.3. The zero-order valence-corrected chi connectivity index (χ0v) is 10.5. The molecule has 2 unspecified atom stereocenters. The van der Waals surface area contributed by atoms with Gasteiger partial charge in [0.1, 0.15) is 0 Å². The van der Waals surface area contributed by atoms with E-state index < -0.39 is 5.97 Å². The molecule has 2 saturated heterocycles. The van der Waals surface area contributed by atoms with Crippen molar-refractivity contribution in [2.24, 2.45) is 0 Å². The lowest BCUT2D eigenvalue weighted by molar-refractivity contribution is -0.131. The lowest BCUT2D eigenvalue weighted by Crippen LogP contribution is -2.58. The summed E-state index contributed by atoms with van der Waals surface area (Å²) in [6, 6.07) is 1.22. The van der Waals surface area contributed by atoms with Gasteiger partial charge in [0.05, 0.1) is 0 Å². The highest BCUT2D eigenvalue weighted by Gasteiger charge is 2.32. The second kappa shape index (κ2) is 5.65. The third-order valence-corrected chi connectivity index (χ3v) is 3.92. The van der Waals surface area contributed by atoms with Crippen molar-refractivity contribution >= 4 is 5.97 Å². The minimum Gasteiger partial charge on any atom is -0.478 e. The summed E-state index contributed by atoms with van der Waals surface area (Å²) in [5.41, 5.74) is 0. The minimum atomic E-state index is -0.853. The molecule has 17 heavy (non-hydrogen) atoms. The standard InChI is InChI=1S/C13H22N2O2/c1-11-9-15-7-3-2-5-12(15)10-14(11)8-4-6-13(16)17/h4,6,11-12H,2-3,5,7-10H2,1H3,(H,16,17)/b6-4+. The summed E-state index contributed by atoms with van der Waals surface area (Å²) < 4.78 is 0. The molecule has 0 aromatic rings. The molecule has 1 N–H and O–H groups in total. The van der Waals surface area contributed by atoms with Crippen LogP contribution in [0.3, 0.4) is 0 Å². The summed E-state index contributed by atoms with van der Waals surface area (Å²) in [5.74, 6) is -0.853. The first-order valence-corrected chi connectivity index (χ1v) is 6.54. The van der Waals surface area contributed by atoms with Crippen molar-refractivity contribution in [1.29, 1.82) is 0 Å². The van der Waals surface area contributed by atoms with Gasteiger partial charge in [0, 0.05) is 37.8 Å². The predicted molar refractivity (Wildman–Crippen MR) is 67.0 cm³/mol. The van der Waals surface area contributed by atoms with Crippen LogP contribution in [-0.2, 0) is 4.79 Å². The number of hydrogen-bond donors (Lipinski definition) is 1. The Morgan fingerprint density at radius 2 is 2.24 bits per heavy atom. The van der Waals surface area contributed by atoms with Crippen molar-refractivity contribution in [3.8, 4) is 0 Å². The van der Waals surface area contributed by atoms with Crippen LogP contribution in [0.4, 0.5) is 0 Å². The highest BCUT2D eigenvalue weighted by atomic mass is 16.4. The zero-order valence-electron chi connectivity index (χ0n) is 10.5. The van der Waals surface area contributed by atoms with Crippen LogP contribution in [0, 0.1) is 0 Å². The summed E-state index contributed by atoms with van der Waals surface area (Å²) >= 11 is 0. The lowest BCUT2D eigenvalue weighted by Gasteiger charge is -2.47. The number of aliphatic carboxylic acids is 1. The smallest absolute Gasteiger partial charge is 0.328 e. The number of piperazine rings is 1. The first-order valence-electron chi connectivity index (χ1n) is 6.54. The SMILES string of the molecule is CC1CN2CCCCC2CN1C/C=C/C(=O)O. The molecular formula is C13H22N2O2. The molecular weight excluding hydrogens is 216 g/mol. The van der Waals surface area contributed by atoms with Gasteiger partial charge in [0.25, 0.3) is 0 Å². The quantitative estimate of drug-likeness (QED) is 0.750. The van der Waals surface area contributed by atoms with Crippen LogP contribution in [0.15, 0.2) is 12.2 Å². The van der Waals surface area contributed by atoms with E-state index >= 15 is 0 Å². The molecule has 0 bridgehead atoms. The van der Waals surface area contributed by atoms with E-state index in [0.717, 1.165) is 19.6 Å². The fraction of sp³-hybridized carbons (Fsp3) is 0.769. The van der Waals surface area contributed by atoms with E-state index in [1.807, 2.05) is 0 Å². The fourth-order valence-corrected chi connectivity index (χ4v) is 2.96. The van der Waals surface area contributed by atoms with Crippen molar-refractivity contribution in [3.63, 3.8) is 0 Å². The third-order valence-electron chi connectivity index (χ3n) is 3.92. The van der Waals surface area contributed by atoms with Crippen molar-refractivity contribution in [2.75, 3.05) is 26.2 Å². The number of fused-ring (bicyclic) bond motifs is 1. The van der Waals surface area contributed by atoms with Gasteiger partial charge in [-0.1, -0.05) is 12.5 Å². The van der Waals surface area contributed by atoms with E-state index in [-0.39, 0.29) is 0 Å². The van der Waals surface area contributed by atoms with E-state index in [4.69, 9.17) is 5.11 Å². The number of carbonyl (C=O) groups is 1. The first-order chi connectivity index (χ1) is 8.16. The molecule has 2 heterocycles. The number of carboxylic acid groups (broad SMARTS) is 1. The molecule has 2 fully saturated rings. The highest BCUT2D eigenvalue weighted by Crippen LogP contribution is 2.23. The molecule has 0 aromatic carbocycles. The van der Waals surface area contributed by atoms with Crippen LogP contribution in [0.25, 0.3) is 0 Å². The van der Waals surface area contributed by atoms with E-state index in [1.165, 1.54) is 31.9 Å². The van der Waals surface area contributed by atoms with Gasteiger partial charge >= 0.3 is 5.97 Å². The van der Waals surface area contributed by atoms with Crippen LogP contribution in [0.1, 0.15) is 26.2 Å². The van der Waals surface area contributed by atoms with Crippen LogP contribution < -0.4 is 0 Å². The molecule has 0 aliphatic carbocycles. The van der Waals surface area contributed by atoms with E-state index in [0.29, 0.717) is 12.1 Å². The number of rotatable bonds is 3. The van der Waals surface area contributed by atoms with Gasteiger partial charge in [0.2, 0.25) is 0 Å². The molecule has 2 aliphatic heterocycles. The van der Waals surface area contributed by atoms with Crippen LogP contribution >= 0.6 is 0 Å². The van der Waals surface area contributed by atoms with Gasteiger partial charge in [-0.15, -0.1) is 0 Å². The summed E-state index contributed by atoms with van der Waals surface area (Å²) in [4.78, 5) is 15.4. The fourth-order valence-electron chi connectivity index (χ4n) is 2.96. The average Bonchev–Trinajstić information content (AvgIpc) is 2.29. The second-order valence-electron chi connectivity index (χ2n) is 5.19. The lowest BCUT2D eigenvalue weighted by atomic mass is 9.97. The maximum absolute atomic E-state index is 10.4. The molecule has 0 spiro atoms. The van der Waals surface area contributed by atoms with Crippen molar-refractivity contribution in [2.45, 2.75) is 38.3 Å². The van der Waals surface area contributed by atoms with Crippen molar-refractivity contribution in [1.82, 2.24) is 9.80 Å². The van der Waals surface area contributed by atoms with Crippen LogP contribution in [-0.4, -0.2) is 59.1 Å².